The zero-order valence-corrected chi connectivity index (χ0v) is 21.8. The number of rotatable bonds is 13. The standard InChI is InChI=1S/C29H38N2O5/c1-5-9-19-36-24-12-10-11-22(20-24)27(32)25-26(21-13-15-23(16-14-21)35-8-4)31(29(34)28(25)33)18-17-30(6-2)7-3/h10-16,20,26,32H,5-9,17-19H2,1-4H3. The number of likely N-dealkylation sites (N-methyl/N-ethyl adjacent to an activating group) is 1. The Labute approximate surface area is 214 Å². The maximum atomic E-state index is 13.3. The third-order valence-corrected chi connectivity index (χ3v) is 6.47. The Balaban J connectivity index is 2.03. The molecule has 1 aliphatic rings. The smallest absolute Gasteiger partial charge is 0.295 e. The minimum atomic E-state index is -0.694. The quantitative estimate of drug-likeness (QED) is 0.182. The van der Waals surface area contributed by atoms with Crippen molar-refractivity contribution in [3.05, 3.63) is 65.2 Å². The van der Waals surface area contributed by atoms with E-state index in [2.05, 4.69) is 25.7 Å². The van der Waals surface area contributed by atoms with Crippen LogP contribution in [-0.2, 0) is 9.59 Å². The monoisotopic (exact) mass is 494 g/mol. The molecule has 1 fully saturated rings. The number of ether oxygens (including phenoxy) is 2. The highest BCUT2D eigenvalue weighted by Gasteiger charge is 2.46. The second kappa shape index (κ2) is 13.1. The van der Waals surface area contributed by atoms with Crippen LogP contribution in [0.1, 0.15) is 57.7 Å². The fourth-order valence-electron chi connectivity index (χ4n) is 4.38. The lowest BCUT2D eigenvalue weighted by Gasteiger charge is -2.28. The maximum Gasteiger partial charge on any atom is 0.295 e. The molecule has 0 spiro atoms. The highest BCUT2D eigenvalue weighted by molar-refractivity contribution is 6.46. The largest absolute Gasteiger partial charge is 0.507 e. The van der Waals surface area contributed by atoms with Gasteiger partial charge in [0.15, 0.2) is 0 Å². The molecule has 7 nitrogen and oxygen atoms in total. The first-order chi connectivity index (χ1) is 17.4. The number of carbonyl (C=O) groups excluding carboxylic acids is 2. The van der Waals surface area contributed by atoms with E-state index in [1.165, 1.54) is 0 Å². The SMILES string of the molecule is CCCCOc1cccc(C(O)=C2C(=O)C(=O)N(CCN(CC)CC)C2c2ccc(OCC)cc2)c1. The summed E-state index contributed by atoms with van der Waals surface area (Å²) in [6.45, 7) is 11.9. The van der Waals surface area contributed by atoms with Gasteiger partial charge in [0.1, 0.15) is 17.3 Å². The molecule has 1 aliphatic heterocycles. The van der Waals surface area contributed by atoms with Crippen molar-refractivity contribution in [3.8, 4) is 11.5 Å². The van der Waals surface area contributed by atoms with Gasteiger partial charge in [-0.1, -0.05) is 51.5 Å². The molecule has 1 amide bonds. The normalized spacial score (nSPS) is 17.1. The number of ketones is 1. The van der Waals surface area contributed by atoms with E-state index in [0.717, 1.165) is 31.5 Å². The second-order valence-electron chi connectivity index (χ2n) is 8.75. The summed E-state index contributed by atoms with van der Waals surface area (Å²) in [5, 5.41) is 11.4. The zero-order valence-electron chi connectivity index (χ0n) is 21.8. The van der Waals surface area contributed by atoms with Crippen LogP contribution in [0.25, 0.3) is 5.76 Å². The first-order valence-corrected chi connectivity index (χ1v) is 12.9. The van der Waals surface area contributed by atoms with Crippen molar-refractivity contribution in [2.75, 3.05) is 39.4 Å². The van der Waals surface area contributed by atoms with Gasteiger partial charge in [-0.25, -0.2) is 0 Å². The Kier molecular flexibility index (Phi) is 9.94. The van der Waals surface area contributed by atoms with Crippen LogP contribution >= 0.6 is 0 Å². The van der Waals surface area contributed by atoms with Gasteiger partial charge in [0.2, 0.25) is 0 Å². The molecule has 7 heteroatoms. The van der Waals surface area contributed by atoms with Crippen molar-refractivity contribution < 1.29 is 24.2 Å². The summed E-state index contributed by atoms with van der Waals surface area (Å²) < 4.78 is 11.4. The van der Waals surface area contributed by atoms with Crippen molar-refractivity contribution in [2.45, 2.75) is 46.6 Å². The van der Waals surface area contributed by atoms with E-state index in [0.29, 0.717) is 43.4 Å². The van der Waals surface area contributed by atoms with Gasteiger partial charge in [0, 0.05) is 18.7 Å². The Morgan fingerprint density at radius 2 is 1.69 bits per heavy atom. The lowest BCUT2D eigenvalue weighted by Crippen LogP contribution is -2.38. The first-order valence-electron chi connectivity index (χ1n) is 12.9. The molecule has 2 aromatic carbocycles. The van der Waals surface area contributed by atoms with Crippen LogP contribution < -0.4 is 9.47 Å². The fourth-order valence-corrected chi connectivity index (χ4v) is 4.38. The van der Waals surface area contributed by atoms with Crippen LogP contribution in [0, 0.1) is 0 Å². The number of unbranched alkanes of at least 4 members (excludes halogenated alkanes) is 1. The molecule has 1 saturated heterocycles. The van der Waals surface area contributed by atoms with Gasteiger partial charge >= 0.3 is 0 Å². The van der Waals surface area contributed by atoms with Gasteiger partial charge in [-0.05, 0) is 56.3 Å². The summed E-state index contributed by atoms with van der Waals surface area (Å²) in [7, 11) is 0. The van der Waals surface area contributed by atoms with Crippen LogP contribution in [-0.4, -0.2) is 66.0 Å². The van der Waals surface area contributed by atoms with Gasteiger partial charge in [0.25, 0.3) is 11.7 Å². The Bertz CT molecular complexity index is 1060. The van der Waals surface area contributed by atoms with Crippen LogP contribution in [0.5, 0.6) is 11.5 Å². The summed E-state index contributed by atoms with van der Waals surface area (Å²) >= 11 is 0. The van der Waals surface area contributed by atoms with Crippen LogP contribution in [0.2, 0.25) is 0 Å². The second-order valence-corrected chi connectivity index (χ2v) is 8.75. The van der Waals surface area contributed by atoms with Gasteiger partial charge < -0.3 is 24.4 Å². The molecule has 0 aromatic heterocycles. The molecule has 1 atom stereocenters. The van der Waals surface area contributed by atoms with Crippen LogP contribution in [0.15, 0.2) is 54.1 Å². The molecule has 0 aliphatic carbocycles. The van der Waals surface area contributed by atoms with Crippen LogP contribution in [0.3, 0.4) is 0 Å². The molecule has 0 saturated carbocycles. The van der Waals surface area contributed by atoms with Gasteiger partial charge in [-0.15, -0.1) is 0 Å². The molecule has 0 radical (unpaired) electrons. The molecule has 1 heterocycles. The molecule has 1 N–H and O–H groups in total. The third-order valence-electron chi connectivity index (χ3n) is 6.47. The third kappa shape index (κ3) is 6.26. The number of carbonyl (C=O) groups is 2. The topological polar surface area (TPSA) is 79.3 Å². The zero-order chi connectivity index (χ0) is 26.1. The number of Topliss-reactive ketones (excluding diaryl/α,β-unsaturated/α-hetero) is 1. The maximum absolute atomic E-state index is 13.3. The number of benzene rings is 2. The number of likely N-dealkylation sites (tertiary alicyclic amines) is 1. The molecule has 36 heavy (non-hydrogen) atoms. The molecule has 2 aromatic rings. The fraction of sp³-hybridized carbons (Fsp3) is 0.448. The lowest BCUT2D eigenvalue weighted by atomic mass is 9.95. The predicted molar refractivity (Wildman–Crippen MR) is 141 cm³/mol. The molecule has 194 valence electrons. The van der Waals surface area contributed by atoms with E-state index < -0.39 is 17.7 Å². The number of hydrogen-bond donors (Lipinski definition) is 1. The molecular formula is C29H38N2O5. The molecule has 1 unspecified atom stereocenters. The van der Waals surface area contributed by atoms with E-state index in [9.17, 15) is 14.7 Å². The van der Waals surface area contributed by atoms with E-state index in [-0.39, 0.29) is 11.3 Å². The van der Waals surface area contributed by atoms with Crippen LogP contribution in [0.4, 0.5) is 0 Å². The number of aliphatic hydroxyl groups excluding tert-OH is 1. The minimum Gasteiger partial charge on any atom is -0.507 e. The predicted octanol–water partition coefficient (Wildman–Crippen LogP) is 5.03. The lowest BCUT2D eigenvalue weighted by molar-refractivity contribution is -0.140. The van der Waals surface area contributed by atoms with Crippen molar-refractivity contribution in [2.24, 2.45) is 0 Å². The van der Waals surface area contributed by atoms with E-state index in [4.69, 9.17) is 9.47 Å². The van der Waals surface area contributed by atoms with Crippen molar-refractivity contribution in [3.63, 3.8) is 0 Å². The average molecular weight is 495 g/mol. The number of aliphatic hydroxyl groups is 1. The van der Waals surface area contributed by atoms with Crippen molar-refractivity contribution in [1.29, 1.82) is 0 Å². The minimum absolute atomic E-state index is 0.0921. The van der Waals surface area contributed by atoms with E-state index in [1.807, 2.05) is 37.3 Å². The highest BCUT2D eigenvalue weighted by Crippen LogP contribution is 2.40. The summed E-state index contributed by atoms with van der Waals surface area (Å²) in [6, 6.07) is 13.7. The first kappa shape index (κ1) is 27.3. The van der Waals surface area contributed by atoms with Crippen molar-refractivity contribution >= 4 is 17.4 Å². The number of hydrogen-bond acceptors (Lipinski definition) is 6. The summed E-state index contributed by atoms with van der Waals surface area (Å²) in [5.74, 6) is -0.154. The summed E-state index contributed by atoms with van der Waals surface area (Å²) in [5.41, 5.74) is 1.28. The van der Waals surface area contributed by atoms with E-state index >= 15 is 0 Å². The van der Waals surface area contributed by atoms with Crippen molar-refractivity contribution in [1.82, 2.24) is 9.80 Å². The van der Waals surface area contributed by atoms with Gasteiger partial charge in [0.05, 0.1) is 24.8 Å². The average Bonchev–Trinajstić information content (AvgIpc) is 3.15. The number of amides is 1. The Hall–Kier alpha value is -3.32. The highest BCUT2D eigenvalue weighted by atomic mass is 16.5. The van der Waals surface area contributed by atoms with E-state index in [1.54, 1.807) is 23.1 Å². The van der Waals surface area contributed by atoms with Gasteiger partial charge in [-0.2, -0.15) is 0 Å². The number of nitrogens with zero attached hydrogens (tertiary/aromatic N) is 2. The Morgan fingerprint density at radius 1 is 0.972 bits per heavy atom. The summed E-state index contributed by atoms with van der Waals surface area (Å²) in [4.78, 5) is 30.3. The molecule has 3 rings (SSSR count). The van der Waals surface area contributed by atoms with Gasteiger partial charge in [-0.3, -0.25) is 9.59 Å². The summed E-state index contributed by atoms with van der Waals surface area (Å²) in [6.07, 6.45) is 1.93. The molecule has 0 bridgehead atoms. The molecular weight excluding hydrogens is 456 g/mol. The Morgan fingerprint density at radius 3 is 2.33 bits per heavy atom.